The molecule has 5 rings (SSSR count). The van der Waals surface area contributed by atoms with Gasteiger partial charge in [0.1, 0.15) is 5.75 Å². The first-order valence-electron chi connectivity index (χ1n) is 10.7. The summed E-state index contributed by atoms with van der Waals surface area (Å²) < 4.78 is 17.3. The summed E-state index contributed by atoms with van der Waals surface area (Å²) in [5, 5.41) is 4.25. The van der Waals surface area contributed by atoms with E-state index in [4.69, 9.17) is 14.2 Å². The number of hydrogen-bond donors (Lipinski definition) is 1. The van der Waals surface area contributed by atoms with Crippen LogP contribution in [0.1, 0.15) is 23.2 Å². The van der Waals surface area contributed by atoms with Crippen molar-refractivity contribution in [3.8, 4) is 5.75 Å². The standard InChI is InChI=1S/C22H28N4O4/c1-28-16-2-3-19-17(14-16)20(25-8-4-22(5-9-25)29-12-13-30-22)18(15-24-19)21(27)26-10-6-23-7-11-26/h2-3,14-15,23H,4-13H2,1H3. The van der Waals surface area contributed by atoms with Crippen LogP contribution < -0.4 is 15.0 Å². The number of hydrogen-bond acceptors (Lipinski definition) is 7. The summed E-state index contributed by atoms with van der Waals surface area (Å²) in [6.45, 7) is 5.88. The molecule has 1 amide bonds. The van der Waals surface area contributed by atoms with Crippen molar-refractivity contribution in [3.05, 3.63) is 30.0 Å². The van der Waals surface area contributed by atoms with Crippen LogP contribution in [0.3, 0.4) is 0 Å². The predicted molar refractivity (Wildman–Crippen MR) is 113 cm³/mol. The van der Waals surface area contributed by atoms with Crippen molar-refractivity contribution in [2.24, 2.45) is 0 Å². The number of pyridine rings is 1. The molecule has 0 atom stereocenters. The van der Waals surface area contributed by atoms with Crippen LogP contribution in [0.15, 0.2) is 24.4 Å². The fourth-order valence-corrected chi connectivity index (χ4v) is 4.68. The van der Waals surface area contributed by atoms with E-state index in [0.717, 1.165) is 61.4 Å². The van der Waals surface area contributed by atoms with Gasteiger partial charge in [0.05, 0.1) is 37.1 Å². The molecule has 0 unspecified atom stereocenters. The van der Waals surface area contributed by atoms with Crippen LogP contribution in [-0.2, 0) is 9.47 Å². The lowest BCUT2D eigenvalue weighted by atomic mass is 9.99. The summed E-state index contributed by atoms with van der Waals surface area (Å²) in [6.07, 6.45) is 3.30. The Morgan fingerprint density at radius 1 is 1.13 bits per heavy atom. The second-order valence-electron chi connectivity index (χ2n) is 8.04. The van der Waals surface area contributed by atoms with E-state index in [0.29, 0.717) is 31.9 Å². The average molecular weight is 412 g/mol. The summed E-state index contributed by atoms with van der Waals surface area (Å²) in [5.74, 6) is 0.338. The number of ether oxygens (including phenoxy) is 3. The molecule has 1 aromatic heterocycles. The van der Waals surface area contributed by atoms with Crippen LogP contribution in [0.4, 0.5) is 5.69 Å². The third kappa shape index (κ3) is 3.49. The van der Waals surface area contributed by atoms with Crippen molar-refractivity contribution in [1.29, 1.82) is 0 Å². The quantitative estimate of drug-likeness (QED) is 0.821. The third-order valence-electron chi connectivity index (χ3n) is 6.34. The maximum atomic E-state index is 13.5. The summed E-state index contributed by atoms with van der Waals surface area (Å²) in [6, 6.07) is 5.84. The van der Waals surface area contributed by atoms with Crippen LogP contribution in [0.2, 0.25) is 0 Å². The van der Waals surface area contributed by atoms with Gasteiger partial charge >= 0.3 is 0 Å². The molecule has 1 spiro atoms. The molecule has 0 aliphatic carbocycles. The van der Waals surface area contributed by atoms with Crippen LogP contribution in [0.5, 0.6) is 5.75 Å². The van der Waals surface area contributed by atoms with Gasteiger partial charge in [-0.25, -0.2) is 0 Å². The Hall–Kier alpha value is -2.42. The Bertz CT molecular complexity index is 928. The van der Waals surface area contributed by atoms with Crippen LogP contribution in [0, 0.1) is 0 Å². The molecule has 0 saturated carbocycles. The van der Waals surface area contributed by atoms with Crippen molar-refractivity contribution in [1.82, 2.24) is 15.2 Å². The normalized spacial score (nSPS) is 21.4. The minimum atomic E-state index is -0.459. The number of amides is 1. The first-order valence-corrected chi connectivity index (χ1v) is 10.7. The van der Waals surface area contributed by atoms with Crippen molar-refractivity contribution < 1.29 is 19.0 Å². The van der Waals surface area contributed by atoms with Gasteiger partial charge in [-0.1, -0.05) is 0 Å². The number of rotatable bonds is 3. The zero-order chi connectivity index (χ0) is 20.6. The number of piperazine rings is 1. The van der Waals surface area contributed by atoms with Gasteiger partial charge in [0.2, 0.25) is 0 Å². The monoisotopic (exact) mass is 412 g/mol. The average Bonchev–Trinajstić information content (AvgIpc) is 3.26. The Morgan fingerprint density at radius 3 is 2.57 bits per heavy atom. The molecule has 3 aliphatic heterocycles. The molecule has 30 heavy (non-hydrogen) atoms. The lowest BCUT2D eigenvalue weighted by molar-refractivity contribution is -0.169. The second-order valence-corrected chi connectivity index (χ2v) is 8.04. The molecule has 8 nitrogen and oxygen atoms in total. The number of carbonyl (C=O) groups is 1. The Kier molecular flexibility index (Phi) is 5.22. The molecule has 3 saturated heterocycles. The molecule has 3 fully saturated rings. The van der Waals surface area contributed by atoms with E-state index < -0.39 is 5.79 Å². The van der Waals surface area contributed by atoms with E-state index in [9.17, 15) is 4.79 Å². The highest BCUT2D eigenvalue weighted by atomic mass is 16.7. The maximum Gasteiger partial charge on any atom is 0.257 e. The molecule has 4 heterocycles. The van der Waals surface area contributed by atoms with Gasteiger partial charge < -0.3 is 29.3 Å². The molecule has 0 radical (unpaired) electrons. The molecule has 3 aliphatic rings. The third-order valence-corrected chi connectivity index (χ3v) is 6.34. The van der Waals surface area contributed by atoms with Gasteiger partial charge in [0.25, 0.3) is 5.91 Å². The van der Waals surface area contributed by atoms with Crippen molar-refractivity contribution in [2.75, 3.05) is 64.5 Å². The van der Waals surface area contributed by atoms with E-state index in [1.807, 2.05) is 23.1 Å². The minimum absolute atomic E-state index is 0.0392. The molecule has 0 bridgehead atoms. The first kappa shape index (κ1) is 19.5. The zero-order valence-corrected chi connectivity index (χ0v) is 17.4. The van der Waals surface area contributed by atoms with Crippen molar-refractivity contribution >= 4 is 22.5 Å². The van der Waals surface area contributed by atoms with Crippen LogP contribution >= 0.6 is 0 Å². The van der Waals surface area contributed by atoms with Gasteiger partial charge in [0.15, 0.2) is 5.79 Å². The topological polar surface area (TPSA) is 76.2 Å². The summed E-state index contributed by atoms with van der Waals surface area (Å²) in [5.41, 5.74) is 2.45. The summed E-state index contributed by atoms with van der Waals surface area (Å²) in [7, 11) is 1.66. The Labute approximate surface area is 176 Å². The Balaban J connectivity index is 1.55. The van der Waals surface area contributed by atoms with Crippen molar-refractivity contribution in [2.45, 2.75) is 18.6 Å². The highest BCUT2D eigenvalue weighted by Crippen LogP contribution is 2.38. The van der Waals surface area contributed by atoms with E-state index in [-0.39, 0.29) is 5.91 Å². The molecule has 1 aromatic carbocycles. The number of carbonyl (C=O) groups excluding carboxylic acids is 1. The van der Waals surface area contributed by atoms with Gasteiger partial charge in [-0.3, -0.25) is 9.78 Å². The largest absolute Gasteiger partial charge is 0.497 e. The highest BCUT2D eigenvalue weighted by Gasteiger charge is 2.40. The van der Waals surface area contributed by atoms with Gasteiger partial charge in [-0.05, 0) is 18.2 Å². The Morgan fingerprint density at radius 2 is 1.87 bits per heavy atom. The first-order chi connectivity index (χ1) is 14.7. The van der Waals surface area contributed by atoms with E-state index in [1.165, 1.54) is 0 Å². The second kappa shape index (κ2) is 8.02. The number of fused-ring (bicyclic) bond motifs is 1. The number of piperidine rings is 1. The lowest BCUT2D eigenvalue weighted by Gasteiger charge is -2.40. The number of anilines is 1. The zero-order valence-electron chi connectivity index (χ0n) is 17.4. The number of aromatic nitrogens is 1. The number of nitrogens with one attached hydrogen (secondary N) is 1. The van der Waals surface area contributed by atoms with Crippen molar-refractivity contribution in [3.63, 3.8) is 0 Å². The predicted octanol–water partition coefficient (Wildman–Crippen LogP) is 1.63. The van der Waals surface area contributed by atoms with E-state index >= 15 is 0 Å². The number of benzene rings is 1. The number of nitrogens with zero attached hydrogens (tertiary/aromatic N) is 3. The minimum Gasteiger partial charge on any atom is -0.497 e. The fourth-order valence-electron chi connectivity index (χ4n) is 4.68. The van der Waals surface area contributed by atoms with Gasteiger partial charge in [-0.15, -0.1) is 0 Å². The van der Waals surface area contributed by atoms with E-state index in [2.05, 4.69) is 15.2 Å². The molecular weight excluding hydrogens is 384 g/mol. The van der Waals surface area contributed by atoms with Crippen LogP contribution in [0.25, 0.3) is 10.9 Å². The smallest absolute Gasteiger partial charge is 0.257 e. The van der Waals surface area contributed by atoms with Gasteiger partial charge in [0, 0.05) is 63.7 Å². The molecule has 160 valence electrons. The fraction of sp³-hybridized carbons (Fsp3) is 0.545. The SMILES string of the molecule is COc1ccc2ncc(C(=O)N3CCNCC3)c(N3CCC4(CC3)OCCO4)c2c1. The molecule has 2 aromatic rings. The number of methoxy groups -OCH3 is 1. The maximum absolute atomic E-state index is 13.5. The lowest BCUT2D eigenvalue weighted by Crippen LogP contribution is -2.48. The van der Waals surface area contributed by atoms with E-state index in [1.54, 1.807) is 13.3 Å². The molecule has 8 heteroatoms. The summed E-state index contributed by atoms with van der Waals surface area (Å²) >= 11 is 0. The van der Waals surface area contributed by atoms with Gasteiger partial charge in [-0.2, -0.15) is 0 Å². The summed E-state index contributed by atoms with van der Waals surface area (Å²) in [4.78, 5) is 22.3. The highest BCUT2D eigenvalue weighted by molar-refractivity contribution is 6.07. The molecule has 1 N–H and O–H groups in total. The van der Waals surface area contributed by atoms with Crippen LogP contribution in [-0.4, -0.2) is 81.2 Å². The molecular formula is C22H28N4O4.